The number of nitrogens with zero attached hydrogens (tertiary/aromatic N) is 3. The Morgan fingerprint density at radius 1 is 1.00 bits per heavy atom. The molecule has 0 aliphatic heterocycles. The van der Waals surface area contributed by atoms with Crippen molar-refractivity contribution in [1.29, 1.82) is 0 Å². The predicted molar refractivity (Wildman–Crippen MR) is 122 cm³/mol. The van der Waals surface area contributed by atoms with Crippen molar-refractivity contribution in [2.45, 2.75) is 11.6 Å². The number of thioether (sulfide) groups is 1. The van der Waals surface area contributed by atoms with Crippen molar-refractivity contribution in [3.05, 3.63) is 94.6 Å². The fraction of sp³-hybridized carbons (Fsp3) is 0.0870. The van der Waals surface area contributed by atoms with E-state index in [1.807, 2.05) is 65.2 Å². The van der Waals surface area contributed by atoms with Crippen LogP contribution in [-0.2, 0) is 6.42 Å². The Morgan fingerprint density at radius 2 is 1.83 bits per heavy atom. The maximum absolute atomic E-state index is 12.9. The maximum atomic E-state index is 12.9. The molecule has 0 saturated carbocycles. The van der Waals surface area contributed by atoms with Gasteiger partial charge in [-0.15, -0.1) is 21.5 Å². The summed E-state index contributed by atoms with van der Waals surface area (Å²) in [5, 5.41) is 12.6. The van der Waals surface area contributed by atoms with Crippen molar-refractivity contribution in [2.24, 2.45) is 0 Å². The van der Waals surface area contributed by atoms with E-state index in [-0.39, 0.29) is 5.78 Å². The molecule has 0 saturated heterocycles. The van der Waals surface area contributed by atoms with Gasteiger partial charge in [-0.1, -0.05) is 54.2 Å². The smallest absolute Gasteiger partial charge is 0.196 e. The van der Waals surface area contributed by atoms with Gasteiger partial charge in [0, 0.05) is 39.6 Å². The molecule has 0 aliphatic rings. The number of carbonyl (C=O) groups is 1. The number of para-hydroxylation sites is 2. The van der Waals surface area contributed by atoms with Crippen LogP contribution in [0.3, 0.4) is 0 Å². The summed E-state index contributed by atoms with van der Waals surface area (Å²) < 4.78 is 2.05. The third-order valence-corrected chi connectivity index (χ3v) is 6.65. The van der Waals surface area contributed by atoms with Gasteiger partial charge in [-0.05, 0) is 29.6 Å². The number of aromatic amines is 1. The van der Waals surface area contributed by atoms with Crippen molar-refractivity contribution < 1.29 is 4.79 Å². The lowest BCUT2D eigenvalue weighted by Gasteiger charge is -2.09. The first-order chi connectivity index (χ1) is 14.8. The average molecular weight is 431 g/mol. The van der Waals surface area contributed by atoms with Gasteiger partial charge < -0.3 is 4.98 Å². The molecular formula is C23H18N4OS2. The molecule has 3 aromatic heterocycles. The number of H-pyrrole nitrogens is 1. The second kappa shape index (κ2) is 8.30. The number of nitrogens with one attached hydrogen (secondary N) is 1. The van der Waals surface area contributed by atoms with E-state index >= 15 is 0 Å². The minimum atomic E-state index is 0.0693. The quantitative estimate of drug-likeness (QED) is 0.278. The number of fused-ring (bicyclic) bond motifs is 1. The third-order valence-electron chi connectivity index (χ3n) is 4.85. The van der Waals surface area contributed by atoms with Gasteiger partial charge in [-0.3, -0.25) is 9.36 Å². The monoisotopic (exact) mass is 430 g/mol. The van der Waals surface area contributed by atoms with Gasteiger partial charge in [-0.25, -0.2) is 0 Å². The van der Waals surface area contributed by atoms with E-state index in [2.05, 4.69) is 26.6 Å². The second-order valence-electron chi connectivity index (χ2n) is 6.79. The van der Waals surface area contributed by atoms with Crippen LogP contribution in [0.15, 0.2) is 83.5 Å². The summed E-state index contributed by atoms with van der Waals surface area (Å²) in [7, 11) is 0. The molecule has 3 heterocycles. The van der Waals surface area contributed by atoms with Crippen LogP contribution >= 0.6 is 23.1 Å². The fourth-order valence-corrected chi connectivity index (χ4v) is 4.98. The molecule has 0 radical (unpaired) electrons. The molecule has 0 atom stereocenters. The van der Waals surface area contributed by atoms with E-state index in [0.717, 1.165) is 27.6 Å². The Kier molecular flexibility index (Phi) is 5.21. The average Bonchev–Trinajstić information content (AvgIpc) is 3.53. The lowest BCUT2D eigenvalue weighted by molar-refractivity contribution is 0.102. The molecule has 148 valence electrons. The summed E-state index contributed by atoms with van der Waals surface area (Å²) >= 11 is 3.12. The summed E-state index contributed by atoms with van der Waals surface area (Å²) in [5.41, 5.74) is 2.68. The number of carbonyl (C=O) groups excluding carboxylic acids is 1. The van der Waals surface area contributed by atoms with Gasteiger partial charge >= 0.3 is 0 Å². The molecule has 5 aromatic rings. The lowest BCUT2D eigenvalue weighted by atomic mass is 10.1. The van der Waals surface area contributed by atoms with Crippen LogP contribution in [-0.4, -0.2) is 31.3 Å². The number of Topliss-reactive ketones (excluding diaryl/α,β-unsaturated/α-hetero) is 1. The van der Waals surface area contributed by atoms with Crippen molar-refractivity contribution in [1.82, 2.24) is 19.7 Å². The van der Waals surface area contributed by atoms with Gasteiger partial charge in [0.1, 0.15) is 5.82 Å². The molecule has 1 N–H and O–H groups in total. The van der Waals surface area contributed by atoms with E-state index in [4.69, 9.17) is 0 Å². The SMILES string of the molecule is O=C(CSc1nnc(Cc2cccs2)n1-c1ccccc1)c1c[nH]c2ccccc12. The van der Waals surface area contributed by atoms with E-state index < -0.39 is 0 Å². The number of thiophene rings is 1. The molecule has 0 fully saturated rings. The van der Waals surface area contributed by atoms with Gasteiger partial charge in [0.2, 0.25) is 0 Å². The Balaban J connectivity index is 1.42. The van der Waals surface area contributed by atoms with Crippen LogP contribution in [0.2, 0.25) is 0 Å². The molecule has 0 amide bonds. The highest BCUT2D eigenvalue weighted by atomic mass is 32.2. The molecule has 7 heteroatoms. The number of ketones is 1. The highest BCUT2D eigenvalue weighted by molar-refractivity contribution is 7.99. The Bertz CT molecular complexity index is 1290. The van der Waals surface area contributed by atoms with Gasteiger partial charge in [-0.2, -0.15) is 0 Å². The number of rotatable bonds is 7. The van der Waals surface area contributed by atoms with E-state index in [1.165, 1.54) is 16.6 Å². The van der Waals surface area contributed by atoms with Gasteiger partial charge in [0.05, 0.1) is 5.75 Å². The van der Waals surface area contributed by atoms with Crippen molar-refractivity contribution in [3.8, 4) is 5.69 Å². The zero-order chi connectivity index (χ0) is 20.3. The summed E-state index contributed by atoms with van der Waals surface area (Å²) in [6.45, 7) is 0. The molecule has 30 heavy (non-hydrogen) atoms. The number of hydrogen-bond donors (Lipinski definition) is 1. The topological polar surface area (TPSA) is 63.6 Å². The summed E-state index contributed by atoms with van der Waals surface area (Å²) in [5.74, 6) is 1.23. The molecule has 5 nitrogen and oxygen atoms in total. The van der Waals surface area contributed by atoms with Crippen molar-refractivity contribution >= 4 is 39.8 Å². The largest absolute Gasteiger partial charge is 0.360 e. The fourth-order valence-electron chi connectivity index (χ4n) is 3.42. The first-order valence-electron chi connectivity index (χ1n) is 9.54. The van der Waals surface area contributed by atoms with Gasteiger partial charge in [0.15, 0.2) is 10.9 Å². The number of hydrogen-bond acceptors (Lipinski definition) is 5. The normalized spacial score (nSPS) is 11.2. The zero-order valence-corrected chi connectivity index (χ0v) is 17.6. The summed E-state index contributed by atoms with van der Waals surface area (Å²) in [4.78, 5) is 17.3. The highest BCUT2D eigenvalue weighted by Crippen LogP contribution is 2.26. The van der Waals surface area contributed by atoms with Crippen LogP contribution in [0.25, 0.3) is 16.6 Å². The lowest BCUT2D eigenvalue weighted by Crippen LogP contribution is -2.06. The van der Waals surface area contributed by atoms with Gasteiger partial charge in [0.25, 0.3) is 0 Å². The second-order valence-corrected chi connectivity index (χ2v) is 8.76. The number of benzene rings is 2. The highest BCUT2D eigenvalue weighted by Gasteiger charge is 2.18. The maximum Gasteiger partial charge on any atom is 0.196 e. The zero-order valence-electron chi connectivity index (χ0n) is 16.0. The van der Waals surface area contributed by atoms with Crippen molar-refractivity contribution in [3.63, 3.8) is 0 Å². The Hall–Kier alpha value is -3.16. The van der Waals surface area contributed by atoms with Crippen LogP contribution in [0.5, 0.6) is 0 Å². The molecule has 2 aromatic carbocycles. The first kappa shape index (κ1) is 18.8. The molecule has 0 bridgehead atoms. The molecular weight excluding hydrogens is 412 g/mol. The predicted octanol–water partition coefficient (Wildman–Crippen LogP) is 5.38. The molecule has 0 unspecified atom stereocenters. The molecule has 0 aliphatic carbocycles. The molecule has 0 spiro atoms. The van der Waals surface area contributed by atoms with Crippen LogP contribution in [0.1, 0.15) is 21.1 Å². The minimum Gasteiger partial charge on any atom is -0.360 e. The van der Waals surface area contributed by atoms with E-state index in [0.29, 0.717) is 17.7 Å². The Labute approximate surface area is 181 Å². The summed E-state index contributed by atoms with van der Waals surface area (Å²) in [6.07, 6.45) is 2.49. The standard InChI is InChI=1S/C23H18N4OS2/c28-21(19-14-24-20-11-5-4-10-18(19)20)15-30-23-26-25-22(13-17-9-6-12-29-17)27(23)16-7-2-1-3-8-16/h1-12,14,24H,13,15H2. The summed E-state index contributed by atoms with van der Waals surface area (Å²) in [6, 6.07) is 22.0. The van der Waals surface area contributed by atoms with Crippen LogP contribution in [0, 0.1) is 0 Å². The first-order valence-corrected chi connectivity index (χ1v) is 11.4. The Morgan fingerprint density at radius 3 is 2.67 bits per heavy atom. The number of aromatic nitrogens is 4. The van der Waals surface area contributed by atoms with Crippen LogP contribution in [0.4, 0.5) is 0 Å². The van der Waals surface area contributed by atoms with Crippen molar-refractivity contribution in [2.75, 3.05) is 5.75 Å². The molecule has 5 rings (SSSR count). The van der Waals surface area contributed by atoms with Crippen LogP contribution < -0.4 is 0 Å². The third kappa shape index (κ3) is 3.69. The van der Waals surface area contributed by atoms with E-state index in [9.17, 15) is 4.79 Å². The van der Waals surface area contributed by atoms with E-state index in [1.54, 1.807) is 17.5 Å². The minimum absolute atomic E-state index is 0.0693.